The maximum absolute atomic E-state index is 12.7. The number of aromatic nitrogens is 2. The lowest BCUT2D eigenvalue weighted by molar-refractivity contribution is 0.102. The van der Waals surface area contributed by atoms with Gasteiger partial charge in [-0.1, -0.05) is 30.0 Å². The average Bonchev–Trinajstić information content (AvgIpc) is 2.69. The Hall–Kier alpha value is -2.86. The quantitative estimate of drug-likeness (QED) is 0.256. The van der Waals surface area contributed by atoms with E-state index in [-0.39, 0.29) is 17.1 Å². The van der Waals surface area contributed by atoms with Crippen molar-refractivity contribution < 1.29 is 9.53 Å². The summed E-state index contributed by atoms with van der Waals surface area (Å²) in [5.74, 6) is 0.893. The Labute approximate surface area is 161 Å². The SMILES string of the molecule is C=CCn1c(SCC(=O)c2ccc(OCC)cc2)nc2ccccc2c1=O. The summed E-state index contributed by atoms with van der Waals surface area (Å²) in [7, 11) is 0. The molecule has 0 bridgehead atoms. The van der Waals surface area contributed by atoms with Gasteiger partial charge in [-0.25, -0.2) is 4.98 Å². The van der Waals surface area contributed by atoms with E-state index in [1.54, 1.807) is 47.0 Å². The van der Waals surface area contributed by atoms with Gasteiger partial charge in [-0.05, 0) is 43.3 Å². The van der Waals surface area contributed by atoms with Crippen LogP contribution in [0.2, 0.25) is 0 Å². The molecule has 0 saturated carbocycles. The predicted molar refractivity (Wildman–Crippen MR) is 109 cm³/mol. The number of allylic oxidation sites excluding steroid dienone is 1. The second-order valence-electron chi connectivity index (χ2n) is 5.79. The molecule has 0 unspecified atom stereocenters. The van der Waals surface area contributed by atoms with Crippen molar-refractivity contribution in [2.24, 2.45) is 0 Å². The second kappa shape index (κ2) is 8.68. The molecule has 0 aliphatic rings. The number of rotatable bonds is 8. The molecule has 0 N–H and O–H groups in total. The summed E-state index contributed by atoms with van der Waals surface area (Å²) in [4.78, 5) is 29.8. The van der Waals surface area contributed by atoms with E-state index in [1.807, 2.05) is 19.1 Å². The molecule has 0 radical (unpaired) electrons. The van der Waals surface area contributed by atoms with Crippen molar-refractivity contribution in [2.45, 2.75) is 18.6 Å². The molecule has 0 amide bonds. The van der Waals surface area contributed by atoms with Gasteiger partial charge in [-0.15, -0.1) is 6.58 Å². The van der Waals surface area contributed by atoms with Crippen LogP contribution in [0.4, 0.5) is 0 Å². The number of para-hydroxylation sites is 1. The van der Waals surface area contributed by atoms with Crippen LogP contribution in [0.1, 0.15) is 17.3 Å². The third-order valence-electron chi connectivity index (χ3n) is 3.96. The fraction of sp³-hybridized carbons (Fsp3) is 0.190. The van der Waals surface area contributed by atoms with Crippen LogP contribution >= 0.6 is 11.8 Å². The molecule has 0 fully saturated rings. The number of Topliss-reactive ketones (excluding diaryl/α,β-unsaturated/α-hetero) is 1. The van der Waals surface area contributed by atoms with Gasteiger partial charge in [0.1, 0.15) is 5.75 Å². The van der Waals surface area contributed by atoms with Crippen molar-refractivity contribution in [1.82, 2.24) is 9.55 Å². The van der Waals surface area contributed by atoms with Crippen LogP contribution in [0, 0.1) is 0 Å². The van der Waals surface area contributed by atoms with E-state index in [2.05, 4.69) is 11.6 Å². The summed E-state index contributed by atoms with van der Waals surface area (Å²) < 4.78 is 6.94. The molecular formula is C21H20N2O3S. The number of carbonyl (C=O) groups is 1. The number of benzene rings is 2. The van der Waals surface area contributed by atoms with E-state index >= 15 is 0 Å². The Balaban J connectivity index is 1.83. The minimum atomic E-state index is -0.128. The molecule has 0 aliphatic heterocycles. The van der Waals surface area contributed by atoms with Crippen LogP contribution in [-0.4, -0.2) is 27.7 Å². The first-order valence-corrected chi connectivity index (χ1v) is 9.62. The van der Waals surface area contributed by atoms with E-state index in [1.165, 1.54) is 11.8 Å². The standard InChI is InChI=1S/C21H20N2O3S/c1-3-13-23-20(25)17-7-5-6-8-18(17)22-21(23)27-14-19(24)15-9-11-16(12-10-15)26-4-2/h3,5-12H,1,4,13-14H2,2H3. The predicted octanol–water partition coefficient (Wildman–Crippen LogP) is 3.96. The van der Waals surface area contributed by atoms with Gasteiger partial charge in [0.25, 0.3) is 5.56 Å². The normalized spacial score (nSPS) is 10.7. The number of hydrogen-bond acceptors (Lipinski definition) is 5. The molecule has 0 spiro atoms. The van der Waals surface area contributed by atoms with E-state index in [0.29, 0.717) is 34.8 Å². The zero-order valence-corrected chi connectivity index (χ0v) is 15.9. The first kappa shape index (κ1) is 18.9. The molecule has 1 aromatic heterocycles. The molecule has 3 rings (SSSR count). The van der Waals surface area contributed by atoms with E-state index in [9.17, 15) is 9.59 Å². The maximum atomic E-state index is 12.7. The summed E-state index contributed by atoms with van der Waals surface area (Å²) in [6.45, 7) is 6.55. The van der Waals surface area contributed by atoms with Crippen molar-refractivity contribution in [3.63, 3.8) is 0 Å². The van der Waals surface area contributed by atoms with Gasteiger partial charge >= 0.3 is 0 Å². The molecule has 27 heavy (non-hydrogen) atoms. The molecule has 5 nitrogen and oxygen atoms in total. The van der Waals surface area contributed by atoms with Crippen LogP contribution in [0.3, 0.4) is 0 Å². The molecule has 1 heterocycles. The van der Waals surface area contributed by atoms with Crippen molar-refractivity contribution in [1.29, 1.82) is 0 Å². The zero-order chi connectivity index (χ0) is 19.2. The molecule has 2 aromatic carbocycles. The molecule has 3 aromatic rings. The van der Waals surface area contributed by atoms with Gasteiger partial charge in [0.05, 0.1) is 23.3 Å². The molecular weight excluding hydrogens is 360 g/mol. The Morgan fingerprint density at radius 1 is 1.22 bits per heavy atom. The van der Waals surface area contributed by atoms with Crippen LogP contribution in [0.25, 0.3) is 10.9 Å². The highest BCUT2D eigenvalue weighted by molar-refractivity contribution is 7.99. The minimum Gasteiger partial charge on any atom is -0.494 e. The number of hydrogen-bond donors (Lipinski definition) is 0. The van der Waals surface area contributed by atoms with Gasteiger partial charge in [0, 0.05) is 12.1 Å². The topological polar surface area (TPSA) is 61.2 Å². The summed E-state index contributed by atoms with van der Waals surface area (Å²) in [5, 5.41) is 1.07. The fourth-order valence-corrected chi connectivity index (χ4v) is 3.57. The smallest absolute Gasteiger partial charge is 0.262 e. The summed E-state index contributed by atoms with van der Waals surface area (Å²) >= 11 is 1.26. The number of ketones is 1. The highest BCUT2D eigenvalue weighted by Crippen LogP contribution is 2.20. The van der Waals surface area contributed by atoms with Crippen molar-refractivity contribution in [3.05, 3.63) is 77.1 Å². The third-order valence-corrected chi connectivity index (χ3v) is 4.93. The molecule has 138 valence electrons. The van der Waals surface area contributed by atoms with E-state index in [4.69, 9.17) is 4.74 Å². The molecule has 6 heteroatoms. The number of nitrogens with zero attached hydrogens (tertiary/aromatic N) is 2. The van der Waals surface area contributed by atoms with Gasteiger partial charge in [0.15, 0.2) is 10.9 Å². The number of fused-ring (bicyclic) bond motifs is 1. The second-order valence-corrected chi connectivity index (χ2v) is 6.73. The fourth-order valence-electron chi connectivity index (χ4n) is 2.67. The largest absolute Gasteiger partial charge is 0.494 e. The Morgan fingerprint density at radius 2 is 1.96 bits per heavy atom. The lowest BCUT2D eigenvalue weighted by atomic mass is 10.1. The first-order valence-electron chi connectivity index (χ1n) is 8.63. The third kappa shape index (κ3) is 4.28. The molecule has 0 saturated heterocycles. The summed E-state index contributed by atoms with van der Waals surface area (Å²) in [6, 6.07) is 14.3. The minimum absolute atomic E-state index is 0.0318. The van der Waals surface area contributed by atoms with Crippen molar-refractivity contribution >= 4 is 28.4 Å². The Kier molecular flexibility index (Phi) is 6.08. The van der Waals surface area contributed by atoms with Gasteiger partial charge in [0.2, 0.25) is 0 Å². The lowest BCUT2D eigenvalue weighted by Gasteiger charge is -2.11. The zero-order valence-electron chi connectivity index (χ0n) is 15.1. The molecule has 0 atom stereocenters. The summed E-state index contributed by atoms with van der Waals surface area (Å²) in [6.07, 6.45) is 1.65. The van der Waals surface area contributed by atoms with Crippen LogP contribution < -0.4 is 10.3 Å². The highest BCUT2D eigenvalue weighted by atomic mass is 32.2. The Bertz CT molecular complexity index is 1030. The monoisotopic (exact) mass is 380 g/mol. The lowest BCUT2D eigenvalue weighted by Crippen LogP contribution is -2.23. The van der Waals surface area contributed by atoms with Gasteiger partial charge in [-0.2, -0.15) is 0 Å². The van der Waals surface area contributed by atoms with Crippen LogP contribution in [0.5, 0.6) is 5.75 Å². The van der Waals surface area contributed by atoms with Crippen LogP contribution in [-0.2, 0) is 6.54 Å². The first-order chi connectivity index (χ1) is 13.1. The molecule has 0 aliphatic carbocycles. The van der Waals surface area contributed by atoms with Gasteiger partial charge in [-0.3, -0.25) is 14.2 Å². The number of carbonyl (C=O) groups excluding carboxylic acids is 1. The summed E-state index contributed by atoms with van der Waals surface area (Å²) in [5.41, 5.74) is 1.10. The van der Waals surface area contributed by atoms with Crippen molar-refractivity contribution in [2.75, 3.05) is 12.4 Å². The van der Waals surface area contributed by atoms with Crippen LogP contribution in [0.15, 0.2) is 71.1 Å². The van der Waals surface area contributed by atoms with Gasteiger partial charge < -0.3 is 4.74 Å². The van der Waals surface area contributed by atoms with E-state index < -0.39 is 0 Å². The highest BCUT2D eigenvalue weighted by Gasteiger charge is 2.13. The Morgan fingerprint density at radius 3 is 2.67 bits per heavy atom. The average molecular weight is 380 g/mol. The number of thioether (sulfide) groups is 1. The van der Waals surface area contributed by atoms with E-state index in [0.717, 1.165) is 5.75 Å². The number of ether oxygens (including phenoxy) is 1. The van der Waals surface area contributed by atoms with Crippen molar-refractivity contribution in [3.8, 4) is 5.75 Å². The maximum Gasteiger partial charge on any atom is 0.262 e.